The molecule has 0 aliphatic rings. The number of benzene rings is 2. The van der Waals surface area contributed by atoms with E-state index in [1.165, 1.54) is 6.07 Å². The van der Waals surface area contributed by atoms with Crippen LogP contribution in [0.25, 0.3) is 10.9 Å². The first-order valence-corrected chi connectivity index (χ1v) is 8.10. The molecule has 0 aliphatic carbocycles. The standard InChI is InChI=1S/C18H16ClN3O3/c1-3-16(23)25-11-8-9-14(13(19)10-11)20-18(24)17-12-6-4-5-7-15(12)22(2)21-17/h4-10H,3H2,1-2H3,(H,20,24). The number of hydrogen-bond donors (Lipinski definition) is 1. The topological polar surface area (TPSA) is 73.2 Å². The van der Waals surface area contributed by atoms with Gasteiger partial charge in [0.15, 0.2) is 5.69 Å². The summed E-state index contributed by atoms with van der Waals surface area (Å²) < 4.78 is 6.75. The summed E-state index contributed by atoms with van der Waals surface area (Å²) in [5.74, 6) is -0.386. The third-order valence-corrected chi connectivity index (χ3v) is 3.99. The van der Waals surface area contributed by atoms with Crippen LogP contribution in [0, 0.1) is 0 Å². The highest BCUT2D eigenvalue weighted by Gasteiger charge is 2.17. The molecule has 0 aliphatic heterocycles. The molecule has 1 aromatic heterocycles. The Labute approximate surface area is 149 Å². The van der Waals surface area contributed by atoms with Crippen molar-refractivity contribution in [3.05, 3.63) is 53.2 Å². The number of rotatable bonds is 4. The molecular formula is C18H16ClN3O3. The Kier molecular flexibility index (Phi) is 4.72. The minimum absolute atomic E-state index is 0.267. The highest BCUT2D eigenvalue weighted by molar-refractivity contribution is 6.34. The van der Waals surface area contributed by atoms with E-state index in [1.54, 1.807) is 30.8 Å². The number of hydrogen-bond acceptors (Lipinski definition) is 4. The number of carbonyl (C=O) groups is 2. The Morgan fingerprint density at radius 3 is 2.72 bits per heavy atom. The molecule has 0 unspecified atom stereocenters. The van der Waals surface area contributed by atoms with Gasteiger partial charge in [-0.3, -0.25) is 14.3 Å². The van der Waals surface area contributed by atoms with Crippen LogP contribution in [0.3, 0.4) is 0 Å². The molecule has 0 fully saturated rings. The van der Waals surface area contributed by atoms with Gasteiger partial charge in [0.2, 0.25) is 0 Å². The van der Waals surface area contributed by atoms with Crippen molar-refractivity contribution in [3.63, 3.8) is 0 Å². The summed E-state index contributed by atoms with van der Waals surface area (Å²) in [6.45, 7) is 1.70. The third-order valence-electron chi connectivity index (χ3n) is 3.68. The van der Waals surface area contributed by atoms with Crippen LogP contribution in [0.4, 0.5) is 5.69 Å². The molecule has 0 saturated carbocycles. The van der Waals surface area contributed by atoms with E-state index in [4.69, 9.17) is 16.3 Å². The van der Waals surface area contributed by atoms with Gasteiger partial charge in [0.25, 0.3) is 5.91 Å². The molecule has 0 spiro atoms. The van der Waals surface area contributed by atoms with Crippen molar-refractivity contribution < 1.29 is 14.3 Å². The Morgan fingerprint density at radius 2 is 2.00 bits per heavy atom. The van der Waals surface area contributed by atoms with Crippen LogP contribution in [-0.4, -0.2) is 21.7 Å². The van der Waals surface area contributed by atoms with E-state index >= 15 is 0 Å². The summed E-state index contributed by atoms with van der Waals surface area (Å²) in [7, 11) is 1.78. The lowest BCUT2D eigenvalue weighted by Gasteiger charge is -2.08. The largest absolute Gasteiger partial charge is 0.426 e. The van der Waals surface area contributed by atoms with Gasteiger partial charge in [-0.25, -0.2) is 0 Å². The van der Waals surface area contributed by atoms with Crippen LogP contribution in [0.1, 0.15) is 23.8 Å². The minimum Gasteiger partial charge on any atom is -0.426 e. The minimum atomic E-state index is -0.364. The number of nitrogens with zero attached hydrogens (tertiary/aromatic N) is 2. The van der Waals surface area contributed by atoms with Crippen LogP contribution in [0.15, 0.2) is 42.5 Å². The number of amides is 1. The number of anilines is 1. The average molecular weight is 358 g/mol. The van der Waals surface area contributed by atoms with Crippen molar-refractivity contribution in [2.75, 3.05) is 5.32 Å². The highest BCUT2D eigenvalue weighted by atomic mass is 35.5. The van der Waals surface area contributed by atoms with E-state index in [1.807, 2.05) is 24.3 Å². The molecule has 3 aromatic rings. The third kappa shape index (κ3) is 3.49. The molecule has 7 heteroatoms. The molecule has 1 heterocycles. The number of aryl methyl sites for hydroxylation is 1. The number of halogens is 1. The fourth-order valence-corrected chi connectivity index (χ4v) is 2.65. The number of esters is 1. The summed E-state index contributed by atoms with van der Waals surface area (Å²) in [5, 5.41) is 8.04. The predicted octanol–water partition coefficient (Wildman–Crippen LogP) is 3.79. The van der Waals surface area contributed by atoms with E-state index in [0.717, 1.165) is 10.9 Å². The number of fused-ring (bicyclic) bond motifs is 1. The Balaban J connectivity index is 1.84. The van der Waals surface area contributed by atoms with Crippen molar-refractivity contribution in [2.45, 2.75) is 13.3 Å². The molecule has 6 nitrogen and oxygen atoms in total. The molecule has 1 amide bonds. The molecule has 0 saturated heterocycles. The van der Waals surface area contributed by atoms with Gasteiger partial charge >= 0.3 is 5.97 Å². The molecule has 0 bridgehead atoms. The quantitative estimate of drug-likeness (QED) is 0.569. The van der Waals surface area contributed by atoms with Crippen molar-refractivity contribution in [1.29, 1.82) is 0 Å². The van der Waals surface area contributed by atoms with Crippen molar-refractivity contribution >= 4 is 40.1 Å². The predicted molar refractivity (Wildman–Crippen MR) is 96.0 cm³/mol. The summed E-state index contributed by atoms with van der Waals surface area (Å²) in [6, 6.07) is 12.1. The number of ether oxygens (including phenoxy) is 1. The lowest BCUT2D eigenvalue weighted by atomic mass is 10.2. The summed E-state index contributed by atoms with van der Waals surface area (Å²) in [6.07, 6.45) is 0.267. The van der Waals surface area contributed by atoms with Gasteiger partial charge in [-0.05, 0) is 18.2 Å². The zero-order chi connectivity index (χ0) is 18.0. The number of para-hydroxylation sites is 1. The molecule has 3 rings (SSSR count). The van der Waals surface area contributed by atoms with Gasteiger partial charge in [-0.1, -0.05) is 36.7 Å². The first kappa shape index (κ1) is 17.0. The maximum absolute atomic E-state index is 12.6. The zero-order valence-corrected chi connectivity index (χ0v) is 14.5. The number of carbonyl (C=O) groups excluding carboxylic acids is 2. The molecule has 0 atom stereocenters. The summed E-state index contributed by atoms with van der Waals surface area (Å²) in [4.78, 5) is 23.9. The highest BCUT2D eigenvalue weighted by Crippen LogP contribution is 2.28. The van der Waals surface area contributed by atoms with E-state index < -0.39 is 0 Å². The smallest absolute Gasteiger partial charge is 0.310 e. The number of aromatic nitrogens is 2. The van der Waals surface area contributed by atoms with E-state index in [9.17, 15) is 9.59 Å². The fraction of sp³-hybridized carbons (Fsp3) is 0.167. The van der Waals surface area contributed by atoms with Crippen LogP contribution in [-0.2, 0) is 11.8 Å². The van der Waals surface area contributed by atoms with Gasteiger partial charge < -0.3 is 10.1 Å². The molecular weight excluding hydrogens is 342 g/mol. The molecule has 128 valence electrons. The molecule has 0 radical (unpaired) electrons. The van der Waals surface area contributed by atoms with Gasteiger partial charge in [-0.15, -0.1) is 0 Å². The van der Waals surface area contributed by atoms with Crippen molar-refractivity contribution in [2.24, 2.45) is 7.05 Å². The van der Waals surface area contributed by atoms with Crippen LogP contribution in [0.5, 0.6) is 5.75 Å². The monoisotopic (exact) mass is 357 g/mol. The fourth-order valence-electron chi connectivity index (χ4n) is 2.43. The van der Waals surface area contributed by atoms with E-state index in [2.05, 4.69) is 10.4 Å². The average Bonchev–Trinajstić information content (AvgIpc) is 2.94. The zero-order valence-electron chi connectivity index (χ0n) is 13.7. The van der Waals surface area contributed by atoms with Crippen molar-refractivity contribution in [3.8, 4) is 5.75 Å². The first-order valence-electron chi connectivity index (χ1n) is 7.73. The lowest BCUT2D eigenvalue weighted by Crippen LogP contribution is -2.14. The second-order valence-corrected chi connectivity index (χ2v) is 5.82. The lowest BCUT2D eigenvalue weighted by molar-refractivity contribution is -0.134. The second-order valence-electron chi connectivity index (χ2n) is 5.41. The Hall–Kier alpha value is -2.86. The van der Waals surface area contributed by atoms with Gasteiger partial charge in [0.1, 0.15) is 5.75 Å². The van der Waals surface area contributed by atoms with Gasteiger partial charge in [0, 0.05) is 24.9 Å². The van der Waals surface area contributed by atoms with Crippen LogP contribution in [0.2, 0.25) is 5.02 Å². The summed E-state index contributed by atoms with van der Waals surface area (Å²) in [5.41, 5.74) is 1.59. The summed E-state index contributed by atoms with van der Waals surface area (Å²) >= 11 is 6.18. The molecule has 25 heavy (non-hydrogen) atoms. The van der Waals surface area contributed by atoms with E-state index in [-0.39, 0.29) is 23.3 Å². The van der Waals surface area contributed by atoms with Gasteiger partial charge in [-0.2, -0.15) is 5.10 Å². The Morgan fingerprint density at radius 1 is 1.24 bits per heavy atom. The molecule has 1 N–H and O–H groups in total. The van der Waals surface area contributed by atoms with Crippen LogP contribution < -0.4 is 10.1 Å². The first-order chi connectivity index (χ1) is 12.0. The second kappa shape index (κ2) is 6.94. The molecule has 2 aromatic carbocycles. The normalized spacial score (nSPS) is 10.7. The Bertz CT molecular complexity index is 965. The SMILES string of the molecule is CCC(=O)Oc1ccc(NC(=O)c2nn(C)c3ccccc23)c(Cl)c1. The van der Waals surface area contributed by atoms with E-state index in [0.29, 0.717) is 17.1 Å². The van der Waals surface area contributed by atoms with Crippen LogP contribution >= 0.6 is 11.6 Å². The maximum Gasteiger partial charge on any atom is 0.310 e. The van der Waals surface area contributed by atoms with Crippen molar-refractivity contribution in [1.82, 2.24) is 9.78 Å². The van der Waals surface area contributed by atoms with Gasteiger partial charge in [0.05, 0.1) is 16.2 Å². The number of nitrogens with one attached hydrogen (secondary N) is 1. The maximum atomic E-state index is 12.6.